The lowest BCUT2D eigenvalue weighted by Crippen LogP contribution is -2.18. The van der Waals surface area contributed by atoms with Crippen LogP contribution in [0.2, 0.25) is 0 Å². The zero-order chi connectivity index (χ0) is 14.5. The first-order valence-corrected chi connectivity index (χ1v) is 9.55. The summed E-state index contributed by atoms with van der Waals surface area (Å²) in [6, 6.07) is 5.34. The minimum absolute atomic E-state index is 0.0538. The Labute approximate surface area is 114 Å². The van der Waals surface area contributed by atoms with Gasteiger partial charge in [0.25, 0.3) is 0 Å². The van der Waals surface area contributed by atoms with Gasteiger partial charge in [-0.1, -0.05) is 6.92 Å². The lowest BCUT2D eigenvalue weighted by molar-refractivity contribution is 0.589. The first-order chi connectivity index (χ1) is 8.77. The van der Waals surface area contributed by atoms with E-state index in [1.165, 1.54) is 24.3 Å². The van der Waals surface area contributed by atoms with Crippen molar-refractivity contribution in [1.29, 1.82) is 0 Å². The molecule has 0 atom stereocenters. The summed E-state index contributed by atoms with van der Waals surface area (Å²) in [5, 5.41) is 3.06. The van der Waals surface area contributed by atoms with Gasteiger partial charge in [-0.15, -0.1) is 0 Å². The van der Waals surface area contributed by atoms with E-state index in [-0.39, 0.29) is 15.5 Å². The minimum atomic E-state index is -3.34. The molecular formula is C12H19NO4S2. The van der Waals surface area contributed by atoms with Crippen LogP contribution in [0.5, 0.6) is 0 Å². The number of benzene rings is 1. The van der Waals surface area contributed by atoms with Crippen molar-refractivity contribution in [2.24, 2.45) is 0 Å². The Balaban J connectivity index is 2.80. The zero-order valence-corrected chi connectivity index (χ0v) is 12.7. The Morgan fingerprint density at radius 1 is 1.00 bits per heavy atom. The maximum absolute atomic E-state index is 12.0. The second kappa shape index (κ2) is 6.49. The van der Waals surface area contributed by atoms with Crippen LogP contribution in [0.1, 0.15) is 13.3 Å². The van der Waals surface area contributed by atoms with Gasteiger partial charge >= 0.3 is 0 Å². The van der Waals surface area contributed by atoms with Crippen molar-refractivity contribution in [3.63, 3.8) is 0 Å². The van der Waals surface area contributed by atoms with Crippen LogP contribution in [-0.2, 0) is 19.7 Å². The molecule has 0 fully saturated rings. The summed E-state index contributed by atoms with van der Waals surface area (Å²) in [5.74, 6) is 0.0538. The van der Waals surface area contributed by atoms with E-state index in [1.54, 1.807) is 0 Å². The van der Waals surface area contributed by atoms with E-state index in [4.69, 9.17) is 0 Å². The SMILES string of the molecule is CCNCCCS(=O)(=O)c1ccc(S(C)(=O)=O)cc1. The molecule has 1 aromatic carbocycles. The van der Waals surface area contributed by atoms with Gasteiger partial charge in [0.1, 0.15) is 0 Å². The fourth-order valence-corrected chi connectivity index (χ4v) is 3.52. The molecule has 0 heterocycles. The van der Waals surface area contributed by atoms with Gasteiger partial charge < -0.3 is 5.32 Å². The van der Waals surface area contributed by atoms with Gasteiger partial charge in [0, 0.05) is 6.26 Å². The van der Waals surface area contributed by atoms with Crippen LogP contribution in [0.25, 0.3) is 0 Å². The predicted octanol–water partition coefficient (Wildman–Crippen LogP) is 0.863. The molecular weight excluding hydrogens is 286 g/mol. The Bertz CT molecular complexity index is 604. The first kappa shape index (κ1) is 16.1. The third-order valence-electron chi connectivity index (χ3n) is 2.63. The maximum atomic E-state index is 12.0. The molecule has 0 aliphatic carbocycles. The Morgan fingerprint density at radius 2 is 1.53 bits per heavy atom. The highest BCUT2D eigenvalue weighted by Crippen LogP contribution is 2.16. The van der Waals surface area contributed by atoms with Gasteiger partial charge in [0.2, 0.25) is 0 Å². The van der Waals surface area contributed by atoms with Crippen molar-refractivity contribution in [1.82, 2.24) is 5.32 Å². The topological polar surface area (TPSA) is 80.3 Å². The number of rotatable bonds is 7. The molecule has 7 heteroatoms. The van der Waals surface area contributed by atoms with Crippen LogP contribution in [-0.4, -0.2) is 41.9 Å². The maximum Gasteiger partial charge on any atom is 0.178 e. The van der Waals surface area contributed by atoms with Gasteiger partial charge in [-0.05, 0) is 43.8 Å². The number of nitrogens with one attached hydrogen (secondary N) is 1. The molecule has 0 bridgehead atoms. The third-order valence-corrected chi connectivity index (χ3v) is 5.57. The fourth-order valence-electron chi connectivity index (χ4n) is 1.58. The van der Waals surface area contributed by atoms with E-state index in [9.17, 15) is 16.8 Å². The zero-order valence-electron chi connectivity index (χ0n) is 11.1. The second-order valence-corrected chi connectivity index (χ2v) is 8.39. The summed E-state index contributed by atoms with van der Waals surface area (Å²) in [6.07, 6.45) is 1.62. The van der Waals surface area contributed by atoms with Crippen LogP contribution in [0.15, 0.2) is 34.1 Å². The van der Waals surface area contributed by atoms with Gasteiger partial charge in [0.15, 0.2) is 19.7 Å². The van der Waals surface area contributed by atoms with Crippen LogP contribution >= 0.6 is 0 Å². The van der Waals surface area contributed by atoms with Crippen molar-refractivity contribution in [2.75, 3.05) is 25.1 Å². The fraction of sp³-hybridized carbons (Fsp3) is 0.500. The quantitative estimate of drug-likeness (QED) is 0.756. The molecule has 1 N–H and O–H groups in total. The molecule has 0 unspecified atom stereocenters. The molecule has 1 rings (SSSR count). The van der Waals surface area contributed by atoms with E-state index in [2.05, 4.69) is 5.32 Å². The molecule has 0 saturated carbocycles. The second-order valence-electron chi connectivity index (χ2n) is 4.27. The smallest absolute Gasteiger partial charge is 0.178 e. The molecule has 0 aliphatic heterocycles. The van der Waals surface area contributed by atoms with E-state index in [0.29, 0.717) is 13.0 Å². The molecule has 1 aromatic rings. The van der Waals surface area contributed by atoms with Gasteiger partial charge in [-0.3, -0.25) is 0 Å². The average Bonchev–Trinajstić information content (AvgIpc) is 2.34. The molecule has 5 nitrogen and oxygen atoms in total. The van der Waals surface area contributed by atoms with Crippen molar-refractivity contribution < 1.29 is 16.8 Å². The average molecular weight is 305 g/mol. The highest BCUT2D eigenvalue weighted by molar-refractivity contribution is 7.91. The Hall–Kier alpha value is -0.920. The summed E-state index contributed by atoms with van der Waals surface area (Å²) >= 11 is 0. The van der Waals surface area contributed by atoms with Crippen LogP contribution < -0.4 is 5.32 Å². The van der Waals surface area contributed by atoms with Crippen molar-refractivity contribution >= 4 is 19.7 Å². The molecule has 0 amide bonds. The minimum Gasteiger partial charge on any atom is -0.317 e. The lowest BCUT2D eigenvalue weighted by atomic mass is 10.4. The van der Waals surface area contributed by atoms with Crippen LogP contribution in [0.4, 0.5) is 0 Å². The summed E-state index contributed by atoms with van der Waals surface area (Å²) < 4.78 is 46.5. The standard InChI is InChI=1S/C12H19NO4S2/c1-3-13-9-4-10-19(16,17)12-7-5-11(6-8-12)18(2,14)15/h5-8,13H,3-4,9-10H2,1-2H3. The molecule has 108 valence electrons. The molecule has 0 radical (unpaired) electrons. The van der Waals surface area contributed by atoms with Crippen molar-refractivity contribution in [2.45, 2.75) is 23.1 Å². The summed E-state index contributed by atoms with van der Waals surface area (Å²) in [7, 11) is -6.63. The summed E-state index contributed by atoms with van der Waals surface area (Å²) in [6.45, 7) is 3.42. The number of sulfone groups is 2. The van der Waals surface area contributed by atoms with E-state index in [1.807, 2.05) is 6.92 Å². The normalized spacial score (nSPS) is 12.5. The monoisotopic (exact) mass is 305 g/mol. The van der Waals surface area contributed by atoms with Gasteiger partial charge in [-0.2, -0.15) is 0 Å². The number of hydrogen-bond acceptors (Lipinski definition) is 5. The first-order valence-electron chi connectivity index (χ1n) is 6.01. The summed E-state index contributed by atoms with van der Waals surface area (Å²) in [5.41, 5.74) is 0. The number of hydrogen-bond donors (Lipinski definition) is 1. The van der Waals surface area contributed by atoms with Crippen molar-refractivity contribution in [3.8, 4) is 0 Å². The van der Waals surface area contributed by atoms with Crippen LogP contribution in [0, 0.1) is 0 Å². The van der Waals surface area contributed by atoms with Crippen LogP contribution in [0.3, 0.4) is 0 Å². The van der Waals surface area contributed by atoms with E-state index < -0.39 is 19.7 Å². The van der Waals surface area contributed by atoms with Crippen molar-refractivity contribution in [3.05, 3.63) is 24.3 Å². The summed E-state index contributed by atoms with van der Waals surface area (Å²) in [4.78, 5) is 0.287. The van der Waals surface area contributed by atoms with Gasteiger partial charge in [-0.25, -0.2) is 16.8 Å². The lowest BCUT2D eigenvalue weighted by Gasteiger charge is -2.06. The largest absolute Gasteiger partial charge is 0.317 e. The molecule has 0 aliphatic rings. The predicted molar refractivity (Wildman–Crippen MR) is 74.8 cm³/mol. The molecule has 0 spiro atoms. The highest BCUT2D eigenvalue weighted by atomic mass is 32.2. The Kier molecular flexibility index (Phi) is 5.51. The molecule has 19 heavy (non-hydrogen) atoms. The highest BCUT2D eigenvalue weighted by Gasteiger charge is 2.15. The third kappa shape index (κ3) is 4.93. The molecule has 0 saturated heterocycles. The van der Waals surface area contributed by atoms with E-state index in [0.717, 1.165) is 12.8 Å². The van der Waals surface area contributed by atoms with E-state index >= 15 is 0 Å². The Morgan fingerprint density at radius 3 is 2.00 bits per heavy atom. The van der Waals surface area contributed by atoms with Gasteiger partial charge in [0.05, 0.1) is 15.5 Å². The molecule has 0 aromatic heterocycles.